The molecular formula is C7H10F5NO4S2. The van der Waals surface area contributed by atoms with E-state index in [2.05, 4.69) is 0 Å². The first-order valence-electron chi connectivity index (χ1n) is 4.68. The maximum Gasteiger partial charge on any atom is 0.396 e. The first-order chi connectivity index (χ1) is 7.96. The summed E-state index contributed by atoms with van der Waals surface area (Å²) in [6.45, 7) is -0.337. The van der Waals surface area contributed by atoms with Gasteiger partial charge in [-0.15, -0.1) is 4.13 Å². The Morgan fingerprint density at radius 1 is 0.737 bits per heavy atom. The van der Waals surface area contributed by atoms with Crippen molar-refractivity contribution in [1.29, 1.82) is 0 Å². The van der Waals surface area contributed by atoms with Crippen LogP contribution in [0.4, 0.5) is 22.0 Å². The summed E-state index contributed by atoms with van der Waals surface area (Å²) in [4.78, 5) is 0. The molecule has 0 radical (unpaired) electrons. The molecule has 1 rings (SSSR count). The van der Waals surface area contributed by atoms with Gasteiger partial charge < -0.3 is 0 Å². The van der Waals surface area contributed by atoms with Gasteiger partial charge in [0.2, 0.25) is 5.67 Å². The van der Waals surface area contributed by atoms with E-state index >= 15 is 0 Å². The molecule has 12 heteroatoms. The zero-order chi connectivity index (χ0) is 15.7. The maximum absolute atomic E-state index is 14.1. The lowest BCUT2D eigenvalue weighted by Crippen LogP contribution is -2.65. The smallest absolute Gasteiger partial charge is 0.236 e. The van der Waals surface area contributed by atoms with Crippen LogP contribution in [0.2, 0.25) is 0 Å². The van der Waals surface area contributed by atoms with Crippen molar-refractivity contribution in [2.45, 2.75) is 42.4 Å². The third-order valence-electron chi connectivity index (χ3n) is 3.33. The summed E-state index contributed by atoms with van der Waals surface area (Å²) in [6.07, 6.45) is 0. The van der Waals surface area contributed by atoms with E-state index in [1.54, 1.807) is 0 Å². The van der Waals surface area contributed by atoms with Crippen LogP contribution in [0.15, 0.2) is 0 Å². The highest BCUT2D eigenvalue weighted by Gasteiger charge is 2.80. The van der Waals surface area contributed by atoms with Crippen LogP contribution < -0.4 is 4.13 Å². The van der Waals surface area contributed by atoms with E-state index in [1.165, 1.54) is 0 Å². The number of alkyl halides is 5. The van der Waals surface area contributed by atoms with Crippen LogP contribution in [0.1, 0.15) is 20.8 Å². The summed E-state index contributed by atoms with van der Waals surface area (Å²) in [6, 6.07) is 0. The lowest BCUT2D eigenvalue weighted by molar-refractivity contribution is -0.169. The topological polar surface area (TPSA) is 80.3 Å². The van der Waals surface area contributed by atoms with Crippen LogP contribution in [0, 0.1) is 0 Å². The third-order valence-corrected chi connectivity index (χ3v) is 7.53. The standard InChI is InChI=1S/C7H10F5NO4S2/c1-4(8)5(2,9)7(11,12)19(16,17)13-18(14,15)6(4,3)10/h13H,1-3H3. The number of hydrogen-bond acceptors (Lipinski definition) is 4. The quantitative estimate of drug-likeness (QED) is 0.671. The van der Waals surface area contributed by atoms with Gasteiger partial charge in [0.1, 0.15) is 0 Å². The molecule has 1 aliphatic rings. The van der Waals surface area contributed by atoms with E-state index in [9.17, 15) is 38.8 Å². The fraction of sp³-hybridized carbons (Fsp3) is 1.00. The van der Waals surface area contributed by atoms with Gasteiger partial charge in [-0.2, -0.15) is 8.78 Å². The summed E-state index contributed by atoms with van der Waals surface area (Å²) in [7, 11) is -11.9. The third kappa shape index (κ3) is 1.65. The summed E-state index contributed by atoms with van der Waals surface area (Å²) in [5.41, 5.74) is -8.96. The Labute approximate surface area is 106 Å². The lowest BCUT2D eigenvalue weighted by Gasteiger charge is -2.40. The van der Waals surface area contributed by atoms with E-state index in [4.69, 9.17) is 0 Å². The number of sulfonamides is 2. The predicted molar refractivity (Wildman–Crippen MR) is 54.5 cm³/mol. The molecule has 0 aromatic heterocycles. The predicted octanol–water partition coefficient (Wildman–Crippen LogP) is 0.984. The molecule has 0 amide bonds. The van der Waals surface area contributed by atoms with Crippen molar-refractivity contribution in [3.05, 3.63) is 0 Å². The van der Waals surface area contributed by atoms with Crippen molar-refractivity contribution in [2.24, 2.45) is 0 Å². The summed E-state index contributed by atoms with van der Waals surface area (Å²) >= 11 is 0. The number of rotatable bonds is 0. The maximum atomic E-state index is 14.1. The molecule has 1 N–H and O–H groups in total. The summed E-state index contributed by atoms with van der Waals surface area (Å²) < 4.78 is 114. The molecule has 0 aromatic carbocycles. The Hall–Kier alpha value is -0.490. The molecule has 0 aromatic rings. The highest BCUT2D eigenvalue weighted by molar-refractivity contribution is 8.06. The zero-order valence-electron chi connectivity index (χ0n) is 9.84. The number of nitrogens with one attached hydrogen (secondary N) is 1. The minimum Gasteiger partial charge on any atom is -0.236 e. The molecule has 19 heavy (non-hydrogen) atoms. The summed E-state index contributed by atoms with van der Waals surface area (Å²) in [5, 5.41) is -9.74. The van der Waals surface area contributed by atoms with E-state index in [-0.39, 0.29) is 20.8 Å². The molecule has 1 aliphatic heterocycles. The van der Waals surface area contributed by atoms with Crippen LogP contribution in [0.5, 0.6) is 0 Å². The van der Waals surface area contributed by atoms with Crippen molar-refractivity contribution in [2.75, 3.05) is 0 Å². The lowest BCUT2D eigenvalue weighted by atomic mass is 9.85. The van der Waals surface area contributed by atoms with Crippen molar-refractivity contribution >= 4 is 20.0 Å². The number of hydrogen-bond donors (Lipinski definition) is 1. The second-order valence-corrected chi connectivity index (χ2v) is 8.49. The van der Waals surface area contributed by atoms with Gasteiger partial charge in [-0.05, 0) is 20.8 Å². The van der Waals surface area contributed by atoms with Gasteiger partial charge in [0, 0.05) is 0 Å². The molecule has 0 spiro atoms. The van der Waals surface area contributed by atoms with Crippen LogP contribution in [-0.2, 0) is 20.0 Å². The van der Waals surface area contributed by atoms with Crippen LogP contribution in [-0.4, -0.2) is 38.4 Å². The van der Waals surface area contributed by atoms with Gasteiger partial charge >= 0.3 is 5.25 Å². The molecule has 0 bridgehead atoms. The average Bonchev–Trinajstić information content (AvgIpc) is 2.14. The molecule has 0 aliphatic carbocycles. The average molecular weight is 331 g/mol. The van der Waals surface area contributed by atoms with Crippen molar-refractivity contribution < 1.29 is 38.8 Å². The monoisotopic (exact) mass is 331 g/mol. The first kappa shape index (κ1) is 16.6. The van der Waals surface area contributed by atoms with Crippen LogP contribution in [0.25, 0.3) is 0 Å². The van der Waals surface area contributed by atoms with Gasteiger partial charge in [0.25, 0.3) is 25.0 Å². The first-order valence-corrected chi connectivity index (χ1v) is 7.64. The molecular weight excluding hydrogens is 321 g/mol. The SMILES string of the molecule is CC1(F)C(C)(F)C(F)(F)S(=O)(=O)NS(=O)(=O)C1(C)F. The zero-order valence-corrected chi connectivity index (χ0v) is 11.5. The Morgan fingerprint density at radius 2 is 1.11 bits per heavy atom. The Bertz CT molecular complexity index is 553. The number of halogens is 5. The van der Waals surface area contributed by atoms with Gasteiger partial charge in [0.05, 0.1) is 0 Å². The molecule has 0 saturated carbocycles. The van der Waals surface area contributed by atoms with Crippen LogP contribution in [0.3, 0.4) is 0 Å². The van der Waals surface area contributed by atoms with Gasteiger partial charge in [-0.3, -0.25) is 0 Å². The summed E-state index contributed by atoms with van der Waals surface area (Å²) in [5.74, 6) is 0. The molecule has 3 unspecified atom stereocenters. The second-order valence-electron chi connectivity index (χ2n) is 4.53. The molecule has 114 valence electrons. The fourth-order valence-corrected chi connectivity index (χ4v) is 5.07. The van der Waals surface area contributed by atoms with Crippen molar-refractivity contribution in [3.8, 4) is 0 Å². The van der Waals surface area contributed by atoms with Crippen molar-refractivity contribution in [1.82, 2.24) is 4.13 Å². The minimum absolute atomic E-state index is 0.0376. The largest absolute Gasteiger partial charge is 0.396 e. The van der Waals surface area contributed by atoms with Gasteiger partial charge in [0.15, 0.2) is 5.67 Å². The van der Waals surface area contributed by atoms with E-state index in [1.807, 2.05) is 0 Å². The molecule has 5 nitrogen and oxygen atoms in total. The highest BCUT2D eigenvalue weighted by atomic mass is 32.3. The molecule has 1 saturated heterocycles. The van der Waals surface area contributed by atoms with Crippen molar-refractivity contribution in [3.63, 3.8) is 0 Å². The Morgan fingerprint density at radius 3 is 1.47 bits per heavy atom. The Balaban J connectivity index is 3.92. The van der Waals surface area contributed by atoms with Crippen LogP contribution >= 0.6 is 0 Å². The normalized spacial score (nSPS) is 48.4. The van der Waals surface area contributed by atoms with Gasteiger partial charge in [-0.25, -0.2) is 30.0 Å². The van der Waals surface area contributed by atoms with E-state index in [0.29, 0.717) is 4.13 Å². The highest BCUT2D eigenvalue weighted by Crippen LogP contribution is 2.54. The molecule has 3 atom stereocenters. The van der Waals surface area contributed by atoms with E-state index < -0.39 is 41.6 Å². The molecule has 1 fully saturated rings. The van der Waals surface area contributed by atoms with Gasteiger partial charge in [-0.1, -0.05) is 0 Å². The second kappa shape index (κ2) is 3.58. The fourth-order valence-electron chi connectivity index (χ4n) is 1.47. The Kier molecular flexibility index (Phi) is 3.12. The molecule has 1 heterocycles. The minimum atomic E-state index is -6.18. The van der Waals surface area contributed by atoms with E-state index in [0.717, 1.165) is 0 Å².